The van der Waals surface area contributed by atoms with Crippen LogP contribution in [0, 0.1) is 12.3 Å². The zero-order chi connectivity index (χ0) is 16.0. The van der Waals surface area contributed by atoms with E-state index < -0.39 is 0 Å². The summed E-state index contributed by atoms with van der Waals surface area (Å²) in [6, 6.07) is 7.96. The molecule has 1 aromatic carbocycles. The number of hydrogen-bond donors (Lipinski definition) is 2. The van der Waals surface area contributed by atoms with Crippen LogP contribution in [-0.2, 0) is 0 Å². The van der Waals surface area contributed by atoms with Crippen LogP contribution in [0.5, 0.6) is 0 Å². The lowest BCUT2D eigenvalue weighted by Gasteiger charge is -2.23. The van der Waals surface area contributed by atoms with Crippen molar-refractivity contribution in [3.63, 3.8) is 0 Å². The van der Waals surface area contributed by atoms with Crippen LogP contribution in [0.25, 0.3) is 0 Å². The lowest BCUT2D eigenvalue weighted by atomic mass is 9.95. The van der Waals surface area contributed by atoms with Crippen LogP contribution in [0.4, 0.5) is 5.69 Å². The predicted molar refractivity (Wildman–Crippen MR) is 97.2 cm³/mol. The number of aryl methyl sites for hydroxylation is 1. The monoisotopic (exact) mass is 343 g/mol. The second-order valence-electron chi connectivity index (χ2n) is 5.59. The van der Waals surface area contributed by atoms with Crippen LogP contribution in [0.2, 0.25) is 0 Å². The Morgan fingerprint density at radius 3 is 2.24 bits per heavy atom. The number of anilines is 1. The number of aliphatic imine (C=N–C) groups is 1. The van der Waals surface area contributed by atoms with Crippen molar-refractivity contribution in [1.82, 2.24) is 5.32 Å². The topological polar surface area (TPSA) is 36.4 Å². The SMILES string of the molecule is Cc1ccc(NC(=S)N/C(=N/C=C(Cl)Cl)C(C)(C)C)cc1. The average molecular weight is 344 g/mol. The maximum absolute atomic E-state index is 5.60. The normalized spacial score (nSPS) is 11.8. The van der Waals surface area contributed by atoms with Crippen LogP contribution in [0.3, 0.4) is 0 Å². The van der Waals surface area contributed by atoms with Gasteiger partial charge in [0.05, 0.1) is 6.20 Å². The molecular formula is C15H19Cl2N3S. The molecule has 0 heterocycles. The van der Waals surface area contributed by atoms with E-state index in [2.05, 4.69) is 15.6 Å². The van der Waals surface area contributed by atoms with Gasteiger partial charge in [0.25, 0.3) is 0 Å². The molecule has 1 rings (SSSR count). The zero-order valence-electron chi connectivity index (χ0n) is 12.5. The molecule has 0 spiro atoms. The fraction of sp³-hybridized carbons (Fsp3) is 0.333. The molecule has 114 valence electrons. The van der Waals surface area contributed by atoms with E-state index in [-0.39, 0.29) is 9.91 Å². The van der Waals surface area contributed by atoms with Crippen molar-refractivity contribution in [2.24, 2.45) is 10.4 Å². The highest BCUT2D eigenvalue weighted by Crippen LogP contribution is 2.16. The Balaban J connectivity index is 2.79. The highest BCUT2D eigenvalue weighted by Gasteiger charge is 2.19. The van der Waals surface area contributed by atoms with E-state index in [4.69, 9.17) is 35.4 Å². The summed E-state index contributed by atoms with van der Waals surface area (Å²) in [4.78, 5) is 4.24. The summed E-state index contributed by atoms with van der Waals surface area (Å²) in [7, 11) is 0. The first-order chi connectivity index (χ1) is 9.68. The van der Waals surface area contributed by atoms with Crippen molar-refractivity contribution in [3.8, 4) is 0 Å². The first-order valence-corrected chi connectivity index (χ1v) is 7.59. The summed E-state index contributed by atoms with van der Waals surface area (Å²) in [6.45, 7) is 8.09. The highest BCUT2D eigenvalue weighted by molar-refractivity contribution is 7.80. The Labute approximate surface area is 141 Å². The first-order valence-electron chi connectivity index (χ1n) is 6.42. The van der Waals surface area contributed by atoms with Gasteiger partial charge in [-0.1, -0.05) is 61.7 Å². The molecule has 0 radical (unpaired) electrons. The Morgan fingerprint density at radius 2 is 1.76 bits per heavy atom. The number of nitrogens with zero attached hydrogens (tertiary/aromatic N) is 1. The smallest absolute Gasteiger partial charge is 0.176 e. The van der Waals surface area contributed by atoms with Crippen molar-refractivity contribution in [1.29, 1.82) is 0 Å². The Morgan fingerprint density at radius 1 is 1.19 bits per heavy atom. The number of rotatable bonds is 2. The van der Waals surface area contributed by atoms with Crippen LogP contribution in [0.1, 0.15) is 26.3 Å². The average Bonchev–Trinajstić information content (AvgIpc) is 2.35. The molecule has 0 saturated carbocycles. The molecule has 0 aliphatic rings. The lowest BCUT2D eigenvalue weighted by molar-refractivity contribution is 0.578. The minimum atomic E-state index is -0.223. The fourth-order valence-corrected chi connectivity index (χ4v) is 1.75. The molecule has 0 bridgehead atoms. The number of thiocarbonyl (C=S) groups is 1. The maximum Gasteiger partial charge on any atom is 0.176 e. The number of nitrogens with one attached hydrogen (secondary N) is 2. The quantitative estimate of drug-likeness (QED) is 0.450. The molecule has 21 heavy (non-hydrogen) atoms. The summed E-state index contributed by atoms with van der Waals surface area (Å²) in [5, 5.41) is 6.66. The van der Waals surface area contributed by atoms with Gasteiger partial charge in [-0.15, -0.1) is 0 Å². The summed E-state index contributed by atoms with van der Waals surface area (Å²) < 4.78 is 0.0935. The third-order valence-electron chi connectivity index (χ3n) is 2.54. The van der Waals surface area contributed by atoms with Crippen molar-refractivity contribution < 1.29 is 0 Å². The molecule has 0 atom stereocenters. The maximum atomic E-state index is 5.60. The van der Waals surface area contributed by atoms with Crippen molar-refractivity contribution in [3.05, 3.63) is 40.5 Å². The van der Waals surface area contributed by atoms with Gasteiger partial charge >= 0.3 is 0 Å². The van der Waals surface area contributed by atoms with Crippen LogP contribution in [-0.4, -0.2) is 10.9 Å². The van der Waals surface area contributed by atoms with E-state index in [9.17, 15) is 0 Å². The van der Waals surface area contributed by atoms with Gasteiger partial charge in [-0.25, -0.2) is 4.99 Å². The third-order valence-corrected chi connectivity index (χ3v) is 2.94. The standard InChI is InChI=1S/C15H19Cl2N3S/c1-10-5-7-11(8-6-10)19-14(21)20-13(15(2,3)4)18-9-12(16)17/h5-9H,1-4H3,(H2,18,19,20,21). The highest BCUT2D eigenvalue weighted by atomic mass is 35.5. The molecule has 0 saturated heterocycles. The fourth-order valence-electron chi connectivity index (χ4n) is 1.43. The first kappa shape index (κ1) is 18.0. The van der Waals surface area contributed by atoms with Gasteiger partial charge in [-0.2, -0.15) is 0 Å². The van der Waals surface area contributed by atoms with Gasteiger partial charge in [0.15, 0.2) is 5.11 Å². The Bertz CT molecular complexity index is 553. The molecule has 6 heteroatoms. The summed E-state index contributed by atoms with van der Waals surface area (Å²) >= 11 is 16.5. The minimum Gasteiger partial charge on any atom is -0.332 e. The third kappa shape index (κ3) is 6.93. The second kappa shape index (κ2) is 7.78. The van der Waals surface area contributed by atoms with Crippen molar-refractivity contribution in [2.45, 2.75) is 27.7 Å². The van der Waals surface area contributed by atoms with Crippen molar-refractivity contribution >= 4 is 52.1 Å². The molecule has 0 aromatic heterocycles. The van der Waals surface area contributed by atoms with E-state index in [0.29, 0.717) is 10.9 Å². The van der Waals surface area contributed by atoms with Gasteiger partial charge in [0.1, 0.15) is 10.3 Å². The molecule has 0 aliphatic heterocycles. The van der Waals surface area contributed by atoms with Crippen molar-refractivity contribution in [2.75, 3.05) is 5.32 Å². The molecule has 3 nitrogen and oxygen atoms in total. The van der Waals surface area contributed by atoms with Gasteiger partial charge in [-0.05, 0) is 31.3 Å². The van der Waals surface area contributed by atoms with E-state index in [1.165, 1.54) is 11.8 Å². The van der Waals surface area contributed by atoms with E-state index >= 15 is 0 Å². The van der Waals surface area contributed by atoms with Crippen LogP contribution in [0.15, 0.2) is 39.9 Å². The van der Waals surface area contributed by atoms with Gasteiger partial charge < -0.3 is 10.6 Å². The second-order valence-corrected chi connectivity index (χ2v) is 7.01. The summed E-state index contributed by atoms with van der Waals surface area (Å²) in [5.74, 6) is 0.672. The number of hydrogen-bond acceptors (Lipinski definition) is 2. The molecule has 0 unspecified atom stereocenters. The van der Waals surface area contributed by atoms with E-state index in [0.717, 1.165) is 5.69 Å². The Hall–Kier alpha value is -1.10. The largest absolute Gasteiger partial charge is 0.332 e. The zero-order valence-corrected chi connectivity index (χ0v) is 14.8. The van der Waals surface area contributed by atoms with E-state index in [1.54, 1.807) is 0 Å². The van der Waals surface area contributed by atoms with Crippen LogP contribution >= 0.6 is 35.4 Å². The lowest BCUT2D eigenvalue weighted by Crippen LogP contribution is -2.41. The predicted octanol–water partition coefficient (Wildman–Crippen LogP) is 5.00. The molecular weight excluding hydrogens is 325 g/mol. The molecule has 0 fully saturated rings. The van der Waals surface area contributed by atoms with Gasteiger partial charge in [0.2, 0.25) is 0 Å². The molecule has 1 aromatic rings. The molecule has 0 amide bonds. The number of halogens is 2. The molecule has 0 aliphatic carbocycles. The van der Waals surface area contributed by atoms with Crippen LogP contribution < -0.4 is 10.6 Å². The van der Waals surface area contributed by atoms with E-state index in [1.807, 2.05) is 52.0 Å². The van der Waals surface area contributed by atoms with Gasteiger partial charge in [0, 0.05) is 11.1 Å². The summed E-state index contributed by atoms with van der Waals surface area (Å²) in [5.41, 5.74) is 1.88. The molecule has 2 N–H and O–H groups in total. The summed E-state index contributed by atoms with van der Waals surface area (Å²) in [6.07, 6.45) is 1.38. The number of amidine groups is 1. The minimum absolute atomic E-state index is 0.0935. The number of benzene rings is 1. The Kier molecular flexibility index (Phi) is 6.65. The van der Waals surface area contributed by atoms with Gasteiger partial charge in [-0.3, -0.25) is 0 Å².